The second kappa shape index (κ2) is 10.7. The van der Waals surface area contributed by atoms with Gasteiger partial charge in [-0.25, -0.2) is 9.97 Å². The van der Waals surface area contributed by atoms with Gasteiger partial charge in [-0.15, -0.1) is 0 Å². The summed E-state index contributed by atoms with van der Waals surface area (Å²) in [6, 6.07) is 18.9. The van der Waals surface area contributed by atoms with E-state index in [0.29, 0.717) is 30.0 Å². The van der Waals surface area contributed by atoms with Crippen LogP contribution >= 0.6 is 0 Å². The highest BCUT2D eigenvalue weighted by atomic mass is 16.4. The van der Waals surface area contributed by atoms with Gasteiger partial charge < -0.3 is 15.7 Å². The minimum absolute atomic E-state index is 0.123. The van der Waals surface area contributed by atoms with Crippen LogP contribution < -0.4 is 21.3 Å². The number of hydrogen-bond acceptors (Lipinski definition) is 5. The van der Waals surface area contributed by atoms with E-state index in [2.05, 4.69) is 10.6 Å². The van der Waals surface area contributed by atoms with Crippen LogP contribution in [0, 0.1) is 0 Å². The third kappa shape index (κ3) is 5.67. The van der Waals surface area contributed by atoms with Crippen molar-refractivity contribution < 1.29 is 14.7 Å². The number of aromatic nitrogens is 2. The van der Waals surface area contributed by atoms with Crippen molar-refractivity contribution >= 4 is 24.2 Å². The number of nitrogens with one attached hydrogen (secondary N) is 2. The summed E-state index contributed by atoms with van der Waals surface area (Å²) in [6.07, 6.45) is 5.54. The van der Waals surface area contributed by atoms with E-state index in [1.165, 1.54) is 0 Å². The maximum atomic E-state index is 12.9. The van der Waals surface area contributed by atoms with E-state index in [4.69, 9.17) is 15.1 Å². The number of carboxylic acids is 1. The predicted molar refractivity (Wildman–Crippen MR) is 131 cm³/mol. The van der Waals surface area contributed by atoms with E-state index < -0.39 is 12.0 Å². The molecule has 1 aliphatic rings. The average molecular weight is 457 g/mol. The molecule has 0 bridgehead atoms. The molecule has 174 valence electrons. The standard InChI is InChI=1S/C27H28N4O3/c1-18(19-10-4-2-5-11-19)29-27(34)23-16-22-24(17-28-23)31-26(20-12-6-3-7-13-20)21(30-22)14-8-9-15-25(32)33/h2-7,10-13,16-18,23,28H,8-9,14-15H2,1H3,(H,29,34)(H,32,33). The van der Waals surface area contributed by atoms with Crippen molar-refractivity contribution in [2.45, 2.75) is 44.7 Å². The van der Waals surface area contributed by atoms with E-state index in [1.54, 1.807) is 12.3 Å². The first-order chi connectivity index (χ1) is 16.5. The van der Waals surface area contributed by atoms with Gasteiger partial charge in [0.1, 0.15) is 11.4 Å². The molecule has 2 aromatic carbocycles. The number of rotatable bonds is 9. The van der Waals surface area contributed by atoms with Crippen LogP contribution in [0.25, 0.3) is 23.5 Å². The molecule has 1 aromatic heterocycles. The lowest BCUT2D eigenvalue weighted by atomic mass is 10.0. The quantitative estimate of drug-likeness (QED) is 0.427. The summed E-state index contributed by atoms with van der Waals surface area (Å²) in [6.45, 7) is 1.95. The van der Waals surface area contributed by atoms with Gasteiger partial charge in [0.25, 0.3) is 0 Å². The molecule has 3 aromatic rings. The van der Waals surface area contributed by atoms with Gasteiger partial charge in [-0.2, -0.15) is 0 Å². The van der Waals surface area contributed by atoms with Crippen LogP contribution in [0.2, 0.25) is 0 Å². The summed E-state index contributed by atoms with van der Waals surface area (Å²) in [5.41, 5.74) is 3.57. The number of carbonyl (C=O) groups excluding carboxylic acids is 1. The number of amides is 1. The Morgan fingerprint density at radius 1 is 1.00 bits per heavy atom. The number of hydrogen-bond donors (Lipinski definition) is 3. The van der Waals surface area contributed by atoms with Gasteiger partial charge in [0.05, 0.1) is 22.8 Å². The number of aliphatic carboxylic acids is 1. The molecule has 2 heterocycles. The fourth-order valence-corrected chi connectivity index (χ4v) is 3.95. The number of benzene rings is 2. The second-order valence-corrected chi connectivity index (χ2v) is 8.35. The highest BCUT2D eigenvalue weighted by Gasteiger charge is 2.20. The number of carbonyl (C=O) groups is 2. The van der Waals surface area contributed by atoms with E-state index in [9.17, 15) is 9.59 Å². The molecule has 3 N–H and O–H groups in total. The molecular formula is C27H28N4O3. The number of nitrogens with zero attached hydrogens (tertiary/aromatic N) is 2. The number of aryl methyl sites for hydroxylation is 1. The van der Waals surface area contributed by atoms with Crippen LogP contribution in [0.4, 0.5) is 0 Å². The van der Waals surface area contributed by atoms with Crippen molar-refractivity contribution in [3.05, 3.63) is 82.6 Å². The Bertz CT molecular complexity index is 1280. The fourth-order valence-electron chi connectivity index (χ4n) is 3.95. The van der Waals surface area contributed by atoms with Crippen LogP contribution in [-0.4, -0.2) is 33.0 Å². The van der Waals surface area contributed by atoms with Crippen molar-refractivity contribution in [3.63, 3.8) is 0 Å². The molecule has 2 atom stereocenters. The summed E-state index contributed by atoms with van der Waals surface area (Å²) in [5, 5.41) is 16.4. The molecule has 0 saturated heterocycles. The minimum atomic E-state index is -0.799. The van der Waals surface area contributed by atoms with Gasteiger partial charge in [0.15, 0.2) is 0 Å². The third-order valence-electron chi connectivity index (χ3n) is 5.79. The topological polar surface area (TPSA) is 104 Å². The van der Waals surface area contributed by atoms with Gasteiger partial charge in [-0.1, -0.05) is 60.7 Å². The second-order valence-electron chi connectivity index (χ2n) is 8.35. The summed E-state index contributed by atoms with van der Waals surface area (Å²) in [5.74, 6) is -0.942. The first-order valence-electron chi connectivity index (χ1n) is 11.5. The molecule has 2 unspecified atom stereocenters. The molecule has 7 heteroatoms. The summed E-state index contributed by atoms with van der Waals surface area (Å²) in [7, 11) is 0. The average Bonchev–Trinajstić information content (AvgIpc) is 2.86. The largest absolute Gasteiger partial charge is 0.481 e. The molecule has 0 saturated carbocycles. The third-order valence-corrected chi connectivity index (χ3v) is 5.79. The zero-order chi connectivity index (χ0) is 23.9. The molecule has 0 fully saturated rings. The Labute approximate surface area is 198 Å². The van der Waals surface area contributed by atoms with Gasteiger partial charge >= 0.3 is 5.97 Å². The van der Waals surface area contributed by atoms with Gasteiger partial charge in [-0.3, -0.25) is 9.59 Å². The molecule has 0 spiro atoms. The van der Waals surface area contributed by atoms with E-state index in [-0.39, 0.29) is 18.4 Å². The molecule has 1 aliphatic heterocycles. The normalized spacial score (nSPS) is 15.1. The van der Waals surface area contributed by atoms with Gasteiger partial charge in [0, 0.05) is 18.2 Å². The highest BCUT2D eigenvalue weighted by molar-refractivity contribution is 5.89. The van der Waals surface area contributed by atoms with E-state index in [1.807, 2.05) is 67.6 Å². The lowest BCUT2D eigenvalue weighted by Gasteiger charge is -2.20. The molecule has 0 radical (unpaired) electrons. The van der Waals surface area contributed by atoms with Crippen LogP contribution in [0.5, 0.6) is 0 Å². The lowest BCUT2D eigenvalue weighted by Crippen LogP contribution is -2.49. The summed E-state index contributed by atoms with van der Waals surface area (Å²) >= 11 is 0. The monoisotopic (exact) mass is 456 g/mol. The number of carboxylic acid groups (broad SMARTS) is 1. The van der Waals surface area contributed by atoms with Crippen LogP contribution in [-0.2, 0) is 16.0 Å². The summed E-state index contributed by atoms with van der Waals surface area (Å²) < 4.78 is 0. The zero-order valence-corrected chi connectivity index (χ0v) is 19.1. The lowest BCUT2D eigenvalue weighted by molar-refractivity contribution is -0.137. The molecular weight excluding hydrogens is 428 g/mol. The van der Waals surface area contributed by atoms with Crippen molar-refractivity contribution in [2.75, 3.05) is 0 Å². The molecule has 34 heavy (non-hydrogen) atoms. The van der Waals surface area contributed by atoms with Gasteiger partial charge in [-0.05, 0) is 37.8 Å². The van der Waals surface area contributed by atoms with E-state index in [0.717, 1.165) is 22.5 Å². The van der Waals surface area contributed by atoms with Crippen molar-refractivity contribution in [1.29, 1.82) is 0 Å². The molecule has 1 amide bonds. The number of unbranched alkanes of at least 4 members (excludes halogenated alkanes) is 1. The van der Waals surface area contributed by atoms with Crippen LogP contribution in [0.3, 0.4) is 0 Å². The minimum Gasteiger partial charge on any atom is -0.481 e. The molecule has 4 rings (SSSR count). The van der Waals surface area contributed by atoms with Gasteiger partial charge in [0.2, 0.25) is 5.91 Å². The Morgan fingerprint density at radius 2 is 1.71 bits per heavy atom. The van der Waals surface area contributed by atoms with Crippen LogP contribution in [0.15, 0.2) is 60.7 Å². The molecule has 7 nitrogen and oxygen atoms in total. The highest BCUT2D eigenvalue weighted by Crippen LogP contribution is 2.19. The first-order valence-corrected chi connectivity index (χ1v) is 11.5. The van der Waals surface area contributed by atoms with E-state index >= 15 is 0 Å². The zero-order valence-electron chi connectivity index (χ0n) is 19.1. The summed E-state index contributed by atoms with van der Waals surface area (Å²) in [4.78, 5) is 33.5. The first kappa shape index (κ1) is 23.2. The Balaban J connectivity index is 1.59. The number of fused-ring (bicyclic) bond motifs is 1. The molecule has 0 aliphatic carbocycles. The Morgan fingerprint density at radius 3 is 2.41 bits per heavy atom. The maximum absolute atomic E-state index is 12.9. The van der Waals surface area contributed by atoms with Crippen molar-refractivity contribution in [1.82, 2.24) is 20.6 Å². The fraction of sp³-hybridized carbons (Fsp3) is 0.259. The van der Waals surface area contributed by atoms with Crippen molar-refractivity contribution in [2.24, 2.45) is 0 Å². The Kier molecular flexibility index (Phi) is 7.32. The predicted octanol–water partition coefficient (Wildman–Crippen LogP) is 2.31. The SMILES string of the molecule is CC(NC(=O)C1C=c2nc(CCCCC(=O)O)c(-c3ccccc3)nc2=CN1)c1ccccc1. The Hall–Kier alpha value is -4.00. The van der Waals surface area contributed by atoms with Crippen LogP contribution in [0.1, 0.15) is 43.5 Å². The van der Waals surface area contributed by atoms with Crippen molar-refractivity contribution in [3.8, 4) is 11.3 Å². The smallest absolute Gasteiger partial charge is 0.303 e. The maximum Gasteiger partial charge on any atom is 0.303 e.